The Labute approximate surface area is 180 Å². The molecular formula is C23H25N5O3. The first-order valence-electron chi connectivity index (χ1n) is 10.3. The summed E-state index contributed by atoms with van der Waals surface area (Å²) in [7, 11) is 1.63. The Bertz CT molecular complexity index is 1120. The molecule has 1 aliphatic carbocycles. The number of hydrogen-bond acceptors (Lipinski definition) is 6. The Hall–Kier alpha value is -3.55. The minimum absolute atomic E-state index is 0.0397. The van der Waals surface area contributed by atoms with Crippen molar-refractivity contribution >= 4 is 5.91 Å². The molecule has 0 atom stereocenters. The normalized spacial score (nSPS) is 14.9. The first kappa shape index (κ1) is 20.7. The first-order chi connectivity index (χ1) is 15.0. The summed E-state index contributed by atoms with van der Waals surface area (Å²) in [4.78, 5) is 41.0. The fourth-order valence-corrected chi connectivity index (χ4v) is 4.19. The second-order valence-corrected chi connectivity index (χ2v) is 7.79. The molecule has 0 radical (unpaired) electrons. The van der Waals surface area contributed by atoms with Crippen LogP contribution in [0.1, 0.15) is 42.5 Å². The number of ether oxygens (including phenoxy) is 1. The van der Waals surface area contributed by atoms with E-state index in [0.717, 1.165) is 37.0 Å². The van der Waals surface area contributed by atoms with Crippen molar-refractivity contribution in [3.05, 3.63) is 69.9 Å². The molecule has 0 spiro atoms. The lowest BCUT2D eigenvalue weighted by atomic mass is 9.87. The summed E-state index contributed by atoms with van der Waals surface area (Å²) < 4.78 is 5.25. The van der Waals surface area contributed by atoms with Crippen LogP contribution in [-0.2, 0) is 16.8 Å². The van der Waals surface area contributed by atoms with Gasteiger partial charge in [0, 0.05) is 23.7 Å². The van der Waals surface area contributed by atoms with E-state index in [1.54, 1.807) is 32.5 Å². The number of hydrogen-bond donors (Lipinski definition) is 2. The number of carbonyl (C=O) groups excluding carboxylic acids is 1. The molecule has 8 nitrogen and oxygen atoms in total. The monoisotopic (exact) mass is 419 g/mol. The van der Waals surface area contributed by atoms with E-state index in [9.17, 15) is 9.59 Å². The van der Waals surface area contributed by atoms with Gasteiger partial charge in [-0.2, -0.15) is 0 Å². The number of aromatic amines is 1. The van der Waals surface area contributed by atoms with E-state index in [1.165, 1.54) is 0 Å². The molecule has 0 bridgehead atoms. The van der Waals surface area contributed by atoms with Crippen LogP contribution in [0.15, 0.2) is 47.5 Å². The summed E-state index contributed by atoms with van der Waals surface area (Å²) in [6.45, 7) is 1.72. The Morgan fingerprint density at radius 3 is 2.45 bits per heavy atom. The van der Waals surface area contributed by atoms with Gasteiger partial charge in [-0.15, -0.1) is 0 Å². The molecule has 0 saturated heterocycles. The van der Waals surface area contributed by atoms with Gasteiger partial charge in [-0.3, -0.25) is 9.59 Å². The zero-order valence-corrected chi connectivity index (χ0v) is 17.6. The second-order valence-electron chi connectivity index (χ2n) is 7.79. The van der Waals surface area contributed by atoms with Gasteiger partial charge in [-0.05, 0) is 43.5 Å². The van der Waals surface area contributed by atoms with Gasteiger partial charge in [0.25, 0.3) is 5.56 Å². The topological polar surface area (TPSA) is 110 Å². The molecule has 0 aliphatic heterocycles. The average molecular weight is 419 g/mol. The number of rotatable bonds is 6. The summed E-state index contributed by atoms with van der Waals surface area (Å²) in [5, 5.41) is 3.21. The third kappa shape index (κ3) is 4.33. The van der Waals surface area contributed by atoms with Crippen molar-refractivity contribution in [2.75, 3.05) is 7.11 Å². The molecule has 1 amide bonds. The summed E-state index contributed by atoms with van der Waals surface area (Å²) in [5.74, 6) is 1.21. The van der Waals surface area contributed by atoms with Crippen LogP contribution >= 0.6 is 0 Å². The number of aryl methyl sites for hydroxylation is 1. The van der Waals surface area contributed by atoms with Crippen molar-refractivity contribution in [3.8, 4) is 17.4 Å². The van der Waals surface area contributed by atoms with Gasteiger partial charge in [0.1, 0.15) is 5.75 Å². The predicted molar refractivity (Wildman–Crippen MR) is 116 cm³/mol. The lowest BCUT2D eigenvalue weighted by Crippen LogP contribution is -2.45. The quantitative estimate of drug-likeness (QED) is 0.636. The van der Waals surface area contributed by atoms with Crippen molar-refractivity contribution in [1.82, 2.24) is 25.3 Å². The third-order valence-corrected chi connectivity index (χ3v) is 5.82. The van der Waals surface area contributed by atoms with E-state index in [1.807, 2.05) is 24.3 Å². The number of amides is 1. The van der Waals surface area contributed by atoms with E-state index in [-0.39, 0.29) is 23.7 Å². The number of H-pyrrole nitrogens is 1. The Balaban J connectivity index is 1.55. The zero-order valence-electron chi connectivity index (χ0n) is 17.6. The molecule has 1 aromatic carbocycles. The molecule has 8 heteroatoms. The molecule has 2 N–H and O–H groups in total. The summed E-state index contributed by atoms with van der Waals surface area (Å²) in [6, 6.07) is 9.50. The van der Waals surface area contributed by atoms with E-state index in [0.29, 0.717) is 17.1 Å². The highest BCUT2D eigenvalue weighted by molar-refractivity contribution is 5.80. The molecule has 2 aromatic heterocycles. The lowest BCUT2D eigenvalue weighted by molar-refractivity contribution is -0.122. The smallest absolute Gasteiger partial charge is 0.255 e. The molecule has 3 aromatic rings. The highest BCUT2D eigenvalue weighted by Crippen LogP contribution is 2.39. The maximum atomic E-state index is 13.0. The van der Waals surface area contributed by atoms with Gasteiger partial charge >= 0.3 is 0 Å². The van der Waals surface area contributed by atoms with E-state index >= 15 is 0 Å². The lowest BCUT2D eigenvalue weighted by Gasteiger charge is -2.31. The Morgan fingerprint density at radius 1 is 1.16 bits per heavy atom. The van der Waals surface area contributed by atoms with Crippen LogP contribution in [0.2, 0.25) is 0 Å². The molecule has 1 aliphatic rings. The molecule has 1 saturated carbocycles. The van der Waals surface area contributed by atoms with Crippen LogP contribution in [0.3, 0.4) is 0 Å². The van der Waals surface area contributed by atoms with Crippen LogP contribution in [0.5, 0.6) is 5.75 Å². The SMILES string of the molecule is COc1ccc(C2(NC(=O)Cc3c(C)nc(-c4ncccn4)[nH]c3=O)CCCC2)cc1. The highest BCUT2D eigenvalue weighted by Gasteiger charge is 2.37. The molecule has 31 heavy (non-hydrogen) atoms. The Kier molecular flexibility index (Phi) is 5.79. The summed E-state index contributed by atoms with van der Waals surface area (Å²) in [6.07, 6.45) is 6.94. The van der Waals surface area contributed by atoms with Gasteiger partial charge in [-0.25, -0.2) is 15.0 Å². The molecule has 160 valence electrons. The van der Waals surface area contributed by atoms with Gasteiger partial charge in [0.2, 0.25) is 5.91 Å². The van der Waals surface area contributed by atoms with E-state index < -0.39 is 5.54 Å². The van der Waals surface area contributed by atoms with Crippen molar-refractivity contribution in [3.63, 3.8) is 0 Å². The molecule has 2 heterocycles. The van der Waals surface area contributed by atoms with Gasteiger partial charge < -0.3 is 15.0 Å². The summed E-state index contributed by atoms with van der Waals surface area (Å²) >= 11 is 0. The number of aromatic nitrogens is 4. The van der Waals surface area contributed by atoms with Gasteiger partial charge in [0.05, 0.1) is 19.1 Å². The maximum Gasteiger partial charge on any atom is 0.255 e. The number of carbonyl (C=O) groups is 1. The van der Waals surface area contributed by atoms with Crippen molar-refractivity contribution < 1.29 is 9.53 Å². The zero-order chi connectivity index (χ0) is 21.8. The number of nitrogens with zero attached hydrogens (tertiary/aromatic N) is 3. The molecule has 0 unspecified atom stereocenters. The molecular weight excluding hydrogens is 394 g/mol. The molecule has 4 rings (SSSR count). The van der Waals surface area contributed by atoms with Crippen molar-refractivity contribution in [2.45, 2.75) is 44.6 Å². The molecule has 1 fully saturated rings. The standard InChI is InChI=1S/C23H25N5O3/c1-15-18(22(30)27-21(26-15)20-24-12-5-13-25-20)14-19(29)28-23(10-3-4-11-23)16-6-8-17(31-2)9-7-16/h5-9,12-13H,3-4,10-11,14H2,1-2H3,(H,28,29)(H,26,27,30). The van der Waals surface area contributed by atoms with Crippen LogP contribution < -0.4 is 15.6 Å². The van der Waals surface area contributed by atoms with Crippen LogP contribution in [-0.4, -0.2) is 33.0 Å². The Morgan fingerprint density at radius 2 is 1.84 bits per heavy atom. The fraction of sp³-hybridized carbons (Fsp3) is 0.348. The van der Waals surface area contributed by atoms with Crippen molar-refractivity contribution in [1.29, 1.82) is 0 Å². The van der Waals surface area contributed by atoms with Gasteiger partial charge in [-0.1, -0.05) is 25.0 Å². The summed E-state index contributed by atoms with van der Waals surface area (Å²) in [5.41, 5.74) is 1.12. The van der Waals surface area contributed by atoms with Crippen LogP contribution in [0.25, 0.3) is 11.6 Å². The minimum atomic E-state index is -0.421. The predicted octanol–water partition coefficient (Wildman–Crippen LogP) is 2.67. The van der Waals surface area contributed by atoms with Crippen molar-refractivity contribution in [2.24, 2.45) is 0 Å². The number of benzene rings is 1. The second kappa shape index (κ2) is 8.67. The van der Waals surface area contributed by atoms with E-state index in [2.05, 4.69) is 25.3 Å². The third-order valence-electron chi connectivity index (χ3n) is 5.82. The minimum Gasteiger partial charge on any atom is -0.497 e. The van der Waals surface area contributed by atoms with E-state index in [4.69, 9.17) is 4.74 Å². The largest absolute Gasteiger partial charge is 0.497 e. The highest BCUT2D eigenvalue weighted by atomic mass is 16.5. The fourth-order valence-electron chi connectivity index (χ4n) is 4.19. The average Bonchev–Trinajstić information content (AvgIpc) is 3.26. The van der Waals surface area contributed by atoms with Crippen LogP contribution in [0, 0.1) is 6.92 Å². The van der Waals surface area contributed by atoms with Gasteiger partial charge in [0.15, 0.2) is 11.6 Å². The first-order valence-corrected chi connectivity index (χ1v) is 10.3. The van der Waals surface area contributed by atoms with Crippen LogP contribution in [0.4, 0.5) is 0 Å². The number of nitrogens with one attached hydrogen (secondary N) is 2. The maximum absolute atomic E-state index is 13.0. The number of methoxy groups -OCH3 is 1.